The summed E-state index contributed by atoms with van der Waals surface area (Å²) < 4.78 is 65.5. The van der Waals surface area contributed by atoms with Crippen LogP contribution in [0.3, 0.4) is 0 Å². The summed E-state index contributed by atoms with van der Waals surface area (Å²) in [7, 11) is -4.13. The van der Waals surface area contributed by atoms with E-state index < -0.39 is 21.8 Å². The third-order valence-electron chi connectivity index (χ3n) is 2.80. The summed E-state index contributed by atoms with van der Waals surface area (Å²) in [6.07, 6.45) is -3.49. The SMILES string of the molecule is O=S(=O)(/N=C/c1c(Cl)cccc1Br)c1ccc(C(F)(F)F)cc1. The Balaban J connectivity index is 2.34. The summed E-state index contributed by atoms with van der Waals surface area (Å²) in [5.41, 5.74) is -0.584. The molecule has 122 valence electrons. The molecule has 9 heteroatoms. The van der Waals surface area contributed by atoms with E-state index in [4.69, 9.17) is 11.6 Å². The van der Waals surface area contributed by atoms with Crippen molar-refractivity contribution in [2.45, 2.75) is 11.1 Å². The average Bonchev–Trinajstić information content (AvgIpc) is 2.46. The molecule has 0 aliphatic carbocycles. The van der Waals surface area contributed by atoms with Gasteiger partial charge in [0.1, 0.15) is 0 Å². The zero-order valence-electron chi connectivity index (χ0n) is 11.2. The van der Waals surface area contributed by atoms with Gasteiger partial charge in [0, 0.05) is 10.0 Å². The average molecular weight is 427 g/mol. The lowest BCUT2D eigenvalue weighted by Gasteiger charge is -2.06. The van der Waals surface area contributed by atoms with Gasteiger partial charge in [-0.15, -0.1) is 0 Å². The predicted molar refractivity (Wildman–Crippen MR) is 85.4 cm³/mol. The Kier molecular flexibility index (Phi) is 5.17. The molecule has 23 heavy (non-hydrogen) atoms. The molecule has 0 aliphatic heterocycles. The van der Waals surface area contributed by atoms with Gasteiger partial charge < -0.3 is 0 Å². The molecule has 2 aromatic rings. The fourth-order valence-electron chi connectivity index (χ4n) is 1.63. The van der Waals surface area contributed by atoms with Crippen LogP contribution in [0.15, 0.2) is 56.2 Å². The maximum atomic E-state index is 12.5. The summed E-state index contributed by atoms with van der Waals surface area (Å²) >= 11 is 9.14. The standard InChI is InChI=1S/C14H8BrClF3NO2S/c15-12-2-1-3-13(16)11(12)8-20-23(21,22)10-6-4-9(5-7-10)14(17,18)19/h1-8H/b20-8+. The molecule has 0 spiro atoms. The summed E-state index contributed by atoms with van der Waals surface area (Å²) in [5.74, 6) is 0. The molecular formula is C14H8BrClF3NO2S. The fourth-order valence-corrected chi connectivity index (χ4v) is 3.28. The van der Waals surface area contributed by atoms with Crippen molar-refractivity contribution in [1.29, 1.82) is 0 Å². The lowest BCUT2D eigenvalue weighted by molar-refractivity contribution is -0.137. The van der Waals surface area contributed by atoms with Crippen molar-refractivity contribution in [2.24, 2.45) is 4.40 Å². The highest BCUT2D eigenvalue weighted by atomic mass is 79.9. The molecule has 0 aliphatic rings. The molecule has 0 heterocycles. The molecule has 0 saturated carbocycles. The van der Waals surface area contributed by atoms with E-state index in [1.54, 1.807) is 18.2 Å². The molecule has 0 atom stereocenters. The molecule has 0 amide bonds. The summed E-state index contributed by atoms with van der Waals surface area (Å²) in [4.78, 5) is -0.343. The van der Waals surface area contributed by atoms with Crippen LogP contribution in [-0.4, -0.2) is 14.6 Å². The van der Waals surface area contributed by atoms with Crippen molar-refractivity contribution < 1.29 is 21.6 Å². The van der Waals surface area contributed by atoms with Crippen molar-refractivity contribution in [3.05, 3.63) is 63.1 Å². The molecule has 0 N–H and O–H groups in total. The maximum Gasteiger partial charge on any atom is 0.416 e. The Labute approximate surface area is 144 Å². The first-order valence-corrected chi connectivity index (χ1v) is 8.64. The summed E-state index contributed by atoms with van der Waals surface area (Å²) in [6.45, 7) is 0. The lowest BCUT2D eigenvalue weighted by Crippen LogP contribution is -2.05. The summed E-state index contributed by atoms with van der Waals surface area (Å²) in [6, 6.07) is 7.96. The second-order valence-corrected chi connectivity index (χ2v) is 7.26. The first kappa shape index (κ1) is 18.0. The van der Waals surface area contributed by atoms with Crippen LogP contribution < -0.4 is 0 Å². The van der Waals surface area contributed by atoms with Gasteiger partial charge in [-0.2, -0.15) is 26.0 Å². The Morgan fingerprint density at radius 2 is 1.70 bits per heavy atom. The number of rotatable bonds is 3. The van der Waals surface area contributed by atoms with Crippen LogP contribution >= 0.6 is 27.5 Å². The highest BCUT2D eigenvalue weighted by Crippen LogP contribution is 2.30. The normalized spacial score (nSPS) is 12.7. The van der Waals surface area contributed by atoms with Crippen LogP contribution in [0, 0.1) is 0 Å². The van der Waals surface area contributed by atoms with E-state index in [0.29, 0.717) is 22.2 Å². The fraction of sp³-hybridized carbons (Fsp3) is 0.0714. The third-order valence-corrected chi connectivity index (χ3v) is 5.07. The smallest absolute Gasteiger partial charge is 0.199 e. The minimum atomic E-state index is -4.53. The van der Waals surface area contributed by atoms with Crippen molar-refractivity contribution in [3.8, 4) is 0 Å². The van der Waals surface area contributed by atoms with Gasteiger partial charge in [-0.1, -0.05) is 33.6 Å². The monoisotopic (exact) mass is 425 g/mol. The molecule has 0 radical (unpaired) electrons. The van der Waals surface area contributed by atoms with Gasteiger partial charge in [0.15, 0.2) is 0 Å². The van der Waals surface area contributed by atoms with Crippen LogP contribution in [0.25, 0.3) is 0 Å². The molecule has 0 aromatic heterocycles. The lowest BCUT2D eigenvalue weighted by atomic mass is 10.2. The molecule has 2 aromatic carbocycles. The molecule has 0 bridgehead atoms. The van der Waals surface area contributed by atoms with Crippen LogP contribution in [0.1, 0.15) is 11.1 Å². The van der Waals surface area contributed by atoms with Crippen molar-refractivity contribution in [3.63, 3.8) is 0 Å². The van der Waals surface area contributed by atoms with E-state index >= 15 is 0 Å². The molecule has 0 saturated heterocycles. The molecule has 3 nitrogen and oxygen atoms in total. The molecule has 0 fully saturated rings. The van der Waals surface area contributed by atoms with Gasteiger partial charge in [0.25, 0.3) is 10.0 Å². The number of sulfonamides is 1. The quantitative estimate of drug-likeness (QED) is 0.654. The number of benzene rings is 2. The minimum absolute atomic E-state index is 0.283. The Bertz CT molecular complexity index is 829. The van der Waals surface area contributed by atoms with Gasteiger partial charge in [0.05, 0.1) is 21.7 Å². The van der Waals surface area contributed by atoms with Gasteiger partial charge in [-0.3, -0.25) is 0 Å². The van der Waals surface area contributed by atoms with Crippen molar-refractivity contribution in [2.75, 3.05) is 0 Å². The van der Waals surface area contributed by atoms with Gasteiger partial charge >= 0.3 is 6.18 Å². The molecular weight excluding hydrogens is 419 g/mol. The maximum absolute atomic E-state index is 12.5. The van der Waals surface area contributed by atoms with Crippen molar-refractivity contribution in [1.82, 2.24) is 0 Å². The van der Waals surface area contributed by atoms with Crippen molar-refractivity contribution >= 4 is 43.8 Å². The highest BCUT2D eigenvalue weighted by molar-refractivity contribution is 9.10. The predicted octanol–water partition coefficient (Wildman–Crippen LogP) is 4.93. The molecule has 2 rings (SSSR count). The van der Waals surface area contributed by atoms with Gasteiger partial charge in [0.2, 0.25) is 0 Å². The number of hydrogen-bond acceptors (Lipinski definition) is 2. The number of alkyl halides is 3. The van der Waals surface area contributed by atoms with Crippen LogP contribution in [-0.2, 0) is 16.2 Å². The Morgan fingerprint density at radius 3 is 2.22 bits per heavy atom. The van der Waals surface area contributed by atoms with E-state index in [1.807, 2.05) is 0 Å². The van der Waals surface area contributed by atoms with Gasteiger partial charge in [-0.05, 0) is 36.4 Å². The zero-order chi connectivity index (χ0) is 17.3. The Hall–Kier alpha value is -1.38. The molecule has 0 unspecified atom stereocenters. The van der Waals surface area contributed by atoms with Crippen LogP contribution in [0.2, 0.25) is 5.02 Å². The topological polar surface area (TPSA) is 46.5 Å². The number of nitrogens with zero attached hydrogens (tertiary/aromatic N) is 1. The van der Waals surface area contributed by atoms with E-state index in [-0.39, 0.29) is 9.92 Å². The third kappa shape index (κ3) is 4.33. The van der Waals surface area contributed by atoms with E-state index in [0.717, 1.165) is 18.3 Å². The van der Waals surface area contributed by atoms with Crippen LogP contribution in [0.4, 0.5) is 13.2 Å². The largest absolute Gasteiger partial charge is 0.416 e. The zero-order valence-corrected chi connectivity index (χ0v) is 14.3. The van der Waals surface area contributed by atoms with E-state index in [1.165, 1.54) is 0 Å². The number of hydrogen-bond donors (Lipinski definition) is 0. The summed E-state index contributed by atoms with van der Waals surface area (Å²) in [5, 5.41) is 0.283. The van der Waals surface area contributed by atoms with E-state index in [9.17, 15) is 21.6 Å². The first-order valence-electron chi connectivity index (χ1n) is 6.03. The first-order chi connectivity index (χ1) is 10.6. The highest BCUT2D eigenvalue weighted by Gasteiger charge is 2.30. The Morgan fingerprint density at radius 1 is 1.09 bits per heavy atom. The minimum Gasteiger partial charge on any atom is -0.199 e. The number of halogens is 5. The second kappa shape index (κ2) is 6.62. The second-order valence-electron chi connectivity index (χ2n) is 4.37. The van der Waals surface area contributed by atoms with Crippen LogP contribution in [0.5, 0.6) is 0 Å². The van der Waals surface area contributed by atoms with Gasteiger partial charge in [-0.25, -0.2) is 0 Å². The van der Waals surface area contributed by atoms with E-state index in [2.05, 4.69) is 20.3 Å².